The average Bonchev–Trinajstić information content (AvgIpc) is 2.35. The van der Waals surface area contributed by atoms with Crippen molar-refractivity contribution >= 4 is 11.6 Å². The smallest absolute Gasteiger partial charge is 0.311 e. The van der Waals surface area contributed by atoms with Gasteiger partial charge in [-0.15, -0.1) is 0 Å². The van der Waals surface area contributed by atoms with Crippen LogP contribution in [0.15, 0.2) is 18.2 Å². The van der Waals surface area contributed by atoms with Crippen molar-refractivity contribution in [1.82, 2.24) is 5.43 Å². The van der Waals surface area contributed by atoms with Crippen molar-refractivity contribution in [2.24, 2.45) is 11.3 Å². The van der Waals surface area contributed by atoms with E-state index in [1.54, 1.807) is 13.8 Å². The zero-order valence-electron chi connectivity index (χ0n) is 10.5. The molecule has 0 saturated heterocycles. The van der Waals surface area contributed by atoms with E-state index in [9.17, 15) is 19.3 Å². The summed E-state index contributed by atoms with van der Waals surface area (Å²) in [5.74, 6) is 3.61. The van der Waals surface area contributed by atoms with E-state index in [4.69, 9.17) is 10.6 Å². The summed E-state index contributed by atoms with van der Waals surface area (Å²) in [4.78, 5) is 21.5. The first kappa shape index (κ1) is 14.8. The maximum Gasteiger partial charge on any atom is 0.311 e. The first-order valence-corrected chi connectivity index (χ1v) is 5.35. The van der Waals surface area contributed by atoms with Gasteiger partial charge in [0, 0.05) is 12.1 Å². The largest absolute Gasteiger partial charge is 0.486 e. The molecule has 0 bridgehead atoms. The topological polar surface area (TPSA) is 107 Å². The van der Waals surface area contributed by atoms with Gasteiger partial charge in [-0.1, -0.05) is 0 Å². The number of hydrogen-bond acceptors (Lipinski definition) is 5. The highest BCUT2D eigenvalue weighted by atomic mass is 19.1. The zero-order valence-corrected chi connectivity index (χ0v) is 10.5. The molecule has 1 aromatic rings. The summed E-state index contributed by atoms with van der Waals surface area (Å²) in [7, 11) is 0. The van der Waals surface area contributed by atoms with Crippen LogP contribution in [0.2, 0.25) is 0 Å². The number of hydrogen-bond donors (Lipinski definition) is 2. The molecule has 0 fully saturated rings. The standard InChI is InChI=1S/C11H14FN3O4/c1-11(2,10(16)14-13)6-19-9-5-7(12)3-4-8(9)15(17)18/h3-5H,6,13H2,1-2H3,(H,14,16). The molecule has 1 amide bonds. The molecule has 0 spiro atoms. The van der Waals surface area contributed by atoms with Gasteiger partial charge in [0.2, 0.25) is 5.91 Å². The monoisotopic (exact) mass is 271 g/mol. The summed E-state index contributed by atoms with van der Waals surface area (Å²) in [5, 5.41) is 10.8. The molecule has 7 nitrogen and oxygen atoms in total. The minimum absolute atomic E-state index is 0.180. The van der Waals surface area contributed by atoms with E-state index in [1.807, 2.05) is 5.43 Å². The van der Waals surface area contributed by atoms with Gasteiger partial charge in [0.1, 0.15) is 12.4 Å². The van der Waals surface area contributed by atoms with Crippen molar-refractivity contribution in [2.45, 2.75) is 13.8 Å². The number of nitro groups is 1. The van der Waals surface area contributed by atoms with Crippen molar-refractivity contribution < 1.29 is 18.8 Å². The number of carbonyl (C=O) groups is 1. The Labute approximate surface area is 108 Å². The van der Waals surface area contributed by atoms with Crippen LogP contribution in [0, 0.1) is 21.3 Å². The van der Waals surface area contributed by atoms with Gasteiger partial charge in [0.25, 0.3) is 0 Å². The highest BCUT2D eigenvalue weighted by Gasteiger charge is 2.29. The van der Waals surface area contributed by atoms with E-state index in [0.717, 1.165) is 18.2 Å². The van der Waals surface area contributed by atoms with Gasteiger partial charge in [-0.05, 0) is 19.9 Å². The Hall–Kier alpha value is -2.22. The normalized spacial score (nSPS) is 10.9. The van der Waals surface area contributed by atoms with Crippen molar-refractivity contribution in [3.8, 4) is 5.75 Å². The SMILES string of the molecule is CC(C)(COc1cc(F)ccc1[N+](=O)[O-])C(=O)NN. The zero-order chi connectivity index (χ0) is 14.6. The molecule has 19 heavy (non-hydrogen) atoms. The molecular weight excluding hydrogens is 257 g/mol. The Balaban J connectivity index is 2.91. The Morgan fingerprint density at radius 1 is 1.58 bits per heavy atom. The van der Waals surface area contributed by atoms with Crippen molar-refractivity contribution in [2.75, 3.05) is 6.61 Å². The lowest BCUT2D eigenvalue weighted by Crippen LogP contribution is -2.44. The molecule has 0 unspecified atom stereocenters. The van der Waals surface area contributed by atoms with Gasteiger partial charge in [0.15, 0.2) is 5.75 Å². The van der Waals surface area contributed by atoms with Crippen LogP contribution < -0.4 is 16.0 Å². The van der Waals surface area contributed by atoms with Crippen molar-refractivity contribution in [3.63, 3.8) is 0 Å². The van der Waals surface area contributed by atoms with E-state index < -0.39 is 22.1 Å². The molecule has 8 heteroatoms. The number of ether oxygens (including phenoxy) is 1. The van der Waals surface area contributed by atoms with Gasteiger partial charge in [-0.25, -0.2) is 10.2 Å². The van der Waals surface area contributed by atoms with E-state index in [1.165, 1.54) is 0 Å². The maximum atomic E-state index is 13.1. The molecular formula is C11H14FN3O4. The van der Waals surface area contributed by atoms with Gasteiger partial charge >= 0.3 is 5.69 Å². The number of amides is 1. The molecule has 0 saturated carbocycles. The molecule has 3 N–H and O–H groups in total. The third kappa shape index (κ3) is 3.62. The van der Waals surface area contributed by atoms with E-state index in [0.29, 0.717) is 0 Å². The third-order valence-electron chi connectivity index (χ3n) is 2.45. The molecule has 0 aliphatic heterocycles. The number of nitro benzene ring substituents is 1. The predicted molar refractivity (Wildman–Crippen MR) is 64.7 cm³/mol. The Morgan fingerprint density at radius 2 is 2.21 bits per heavy atom. The molecule has 0 atom stereocenters. The van der Waals surface area contributed by atoms with Crippen LogP contribution in [0.4, 0.5) is 10.1 Å². The number of hydrazine groups is 1. The van der Waals surface area contributed by atoms with Crippen LogP contribution >= 0.6 is 0 Å². The molecule has 1 rings (SSSR count). The van der Waals surface area contributed by atoms with Crippen molar-refractivity contribution in [1.29, 1.82) is 0 Å². The summed E-state index contributed by atoms with van der Waals surface area (Å²) in [5.41, 5.74) is 0.588. The summed E-state index contributed by atoms with van der Waals surface area (Å²) in [6.45, 7) is 2.90. The summed E-state index contributed by atoms with van der Waals surface area (Å²) in [6, 6.07) is 2.86. The van der Waals surface area contributed by atoms with Crippen LogP contribution in [0.3, 0.4) is 0 Å². The van der Waals surface area contributed by atoms with Crippen LogP contribution in [-0.4, -0.2) is 17.4 Å². The Morgan fingerprint density at radius 3 is 2.74 bits per heavy atom. The summed E-state index contributed by atoms with van der Waals surface area (Å²) >= 11 is 0. The first-order valence-electron chi connectivity index (χ1n) is 5.35. The molecule has 0 aliphatic carbocycles. The fourth-order valence-corrected chi connectivity index (χ4v) is 1.27. The van der Waals surface area contributed by atoms with Crippen LogP contribution in [0.25, 0.3) is 0 Å². The average molecular weight is 271 g/mol. The van der Waals surface area contributed by atoms with Gasteiger partial charge in [0.05, 0.1) is 10.3 Å². The highest BCUT2D eigenvalue weighted by molar-refractivity contribution is 5.81. The number of benzene rings is 1. The highest BCUT2D eigenvalue weighted by Crippen LogP contribution is 2.29. The minimum Gasteiger partial charge on any atom is -0.486 e. The van der Waals surface area contributed by atoms with Crippen LogP contribution in [0.1, 0.15) is 13.8 Å². The van der Waals surface area contributed by atoms with Gasteiger partial charge in [-0.2, -0.15) is 0 Å². The molecule has 0 radical (unpaired) electrons. The lowest BCUT2D eigenvalue weighted by Gasteiger charge is -2.22. The van der Waals surface area contributed by atoms with Gasteiger partial charge < -0.3 is 4.74 Å². The Bertz CT molecular complexity index is 505. The number of nitrogens with zero attached hydrogens (tertiary/aromatic N) is 1. The molecule has 0 heterocycles. The summed E-state index contributed by atoms with van der Waals surface area (Å²) < 4.78 is 18.2. The lowest BCUT2D eigenvalue weighted by molar-refractivity contribution is -0.386. The predicted octanol–water partition coefficient (Wildman–Crippen LogP) is 1.13. The van der Waals surface area contributed by atoms with Crippen LogP contribution in [-0.2, 0) is 4.79 Å². The number of nitrogens with two attached hydrogens (primary N) is 1. The number of carbonyl (C=O) groups excluding carboxylic acids is 1. The Kier molecular flexibility index (Phi) is 4.38. The first-order chi connectivity index (χ1) is 8.77. The number of halogens is 1. The minimum atomic E-state index is -1.01. The molecule has 104 valence electrons. The second-order valence-electron chi connectivity index (χ2n) is 4.52. The van der Waals surface area contributed by atoms with E-state index >= 15 is 0 Å². The fraction of sp³-hybridized carbons (Fsp3) is 0.364. The van der Waals surface area contributed by atoms with Gasteiger partial charge in [-0.3, -0.25) is 20.3 Å². The number of rotatable bonds is 5. The van der Waals surface area contributed by atoms with E-state index in [2.05, 4.69) is 0 Å². The second-order valence-corrected chi connectivity index (χ2v) is 4.52. The molecule has 1 aromatic carbocycles. The fourth-order valence-electron chi connectivity index (χ4n) is 1.27. The van der Waals surface area contributed by atoms with E-state index in [-0.39, 0.29) is 18.0 Å². The summed E-state index contributed by atoms with van der Waals surface area (Å²) in [6.07, 6.45) is 0. The molecule has 0 aromatic heterocycles. The maximum absolute atomic E-state index is 13.1. The lowest BCUT2D eigenvalue weighted by atomic mass is 9.94. The van der Waals surface area contributed by atoms with Crippen LogP contribution in [0.5, 0.6) is 5.75 Å². The second kappa shape index (κ2) is 5.61. The molecule has 0 aliphatic rings. The quantitative estimate of drug-likeness (QED) is 0.361. The number of nitrogens with one attached hydrogen (secondary N) is 1. The van der Waals surface area contributed by atoms with Crippen molar-refractivity contribution in [3.05, 3.63) is 34.1 Å². The third-order valence-corrected chi connectivity index (χ3v) is 2.45.